The molecule has 0 amide bonds. The Kier molecular flexibility index (Phi) is 8.44. The highest BCUT2D eigenvalue weighted by Crippen LogP contribution is 2.29. The molecular formula is C34H27N3O3S2. The van der Waals surface area contributed by atoms with Crippen LogP contribution in [-0.2, 0) is 6.42 Å². The van der Waals surface area contributed by atoms with Crippen LogP contribution in [0.2, 0.25) is 0 Å². The van der Waals surface area contributed by atoms with Gasteiger partial charge < -0.3 is 9.57 Å². The summed E-state index contributed by atoms with van der Waals surface area (Å²) in [5.74, 6) is 0.170. The Morgan fingerprint density at radius 2 is 1.17 bits per heavy atom. The fraction of sp³-hybridized carbons (Fsp3) is 0.0882. The molecule has 42 heavy (non-hydrogen) atoms. The number of ether oxygens (including phenoxy) is 1. The van der Waals surface area contributed by atoms with E-state index in [1.807, 2.05) is 121 Å². The van der Waals surface area contributed by atoms with Crippen molar-refractivity contribution in [3.8, 4) is 5.75 Å². The third-order valence-electron chi connectivity index (χ3n) is 6.72. The van der Waals surface area contributed by atoms with E-state index < -0.39 is 12.2 Å². The molecule has 0 aliphatic heterocycles. The molecule has 0 saturated carbocycles. The number of nitrogens with zero attached hydrogens (tertiary/aromatic N) is 3. The van der Waals surface area contributed by atoms with Crippen LogP contribution in [0.15, 0.2) is 143 Å². The predicted molar refractivity (Wildman–Crippen MR) is 167 cm³/mol. The maximum atomic E-state index is 13.6. The quantitative estimate of drug-likeness (QED) is 0.175. The number of pyridine rings is 1. The molecule has 0 aliphatic rings. The molecule has 0 atom stereocenters. The minimum Gasteiger partial charge on any atom is -0.475 e. The molecule has 0 fully saturated rings. The van der Waals surface area contributed by atoms with Crippen molar-refractivity contribution < 1.29 is 9.57 Å². The molecule has 0 N–H and O–H groups in total. The molecule has 2 heterocycles. The summed E-state index contributed by atoms with van der Waals surface area (Å²) in [5, 5.41) is 8.96. The first-order valence-electron chi connectivity index (χ1n) is 13.4. The van der Waals surface area contributed by atoms with E-state index in [1.54, 1.807) is 17.0 Å². The molecule has 0 bridgehead atoms. The number of hydrogen-bond acceptors (Lipinski definition) is 7. The third-order valence-corrected chi connectivity index (χ3v) is 7.81. The van der Waals surface area contributed by atoms with E-state index in [0.29, 0.717) is 21.5 Å². The highest BCUT2D eigenvalue weighted by Gasteiger charge is 2.22. The number of thiol groups is 1. The standard InChI is InChI=1S/C34H27N3O3S2/c38-29-21-28(22-31-35-36-34(41)42-31)37(40-33(26-17-9-3-10-18-26)27-19-11-4-12-20-27)23-30(29)39-32(24-13-5-1-6-14-24)25-15-7-2-8-16-25/h1-21,23,32-33H,22H2,(H,36,41). The smallest absolute Gasteiger partial charge is 0.223 e. The van der Waals surface area contributed by atoms with Crippen molar-refractivity contribution in [2.24, 2.45) is 0 Å². The molecular weight excluding hydrogens is 563 g/mol. The topological polar surface area (TPSA) is 66.2 Å². The van der Waals surface area contributed by atoms with Gasteiger partial charge in [0.15, 0.2) is 16.2 Å². The first-order chi connectivity index (χ1) is 20.6. The van der Waals surface area contributed by atoms with Crippen molar-refractivity contribution in [2.45, 2.75) is 23.0 Å². The summed E-state index contributed by atoms with van der Waals surface area (Å²) < 4.78 is 8.70. The van der Waals surface area contributed by atoms with E-state index in [9.17, 15) is 4.79 Å². The fourth-order valence-electron chi connectivity index (χ4n) is 4.72. The average molecular weight is 590 g/mol. The van der Waals surface area contributed by atoms with Gasteiger partial charge in [0.05, 0.1) is 11.9 Å². The summed E-state index contributed by atoms with van der Waals surface area (Å²) in [6, 6.07) is 41.2. The number of rotatable bonds is 10. The molecule has 0 saturated heterocycles. The molecule has 6 rings (SSSR count). The highest BCUT2D eigenvalue weighted by molar-refractivity contribution is 7.82. The van der Waals surface area contributed by atoms with Crippen LogP contribution in [0.5, 0.6) is 5.75 Å². The zero-order valence-corrected chi connectivity index (χ0v) is 24.2. The molecule has 0 unspecified atom stereocenters. The van der Waals surface area contributed by atoms with Gasteiger partial charge in [-0.2, -0.15) is 4.73 Å². The Bertz CT molecular complexity index is 1720. The predicted octanol–water partition coefficient (Wildman–Crippen LogP) is 6.97. The molecule has 6 nitrogen and oxygen atoms in total. The Balaban J connectivity index is 1.44. The molecule has 8 heteroatoms. The van der Waals surface area contributed by atoms with Gasteiger partial charge in [-0.3, -0.25) is 4.79 Å². The number of aromatic nitrogens is 3. The van der Waals surface area contributed by atoms with Crippen molar-refractivity contribution in [3.05, 3.63) is 177 Å². The SMILES string of the molecule is O=c1cc(Cc2nnc(S)s2)n(OC(c2ccccc2)c2ccccc2)cc1OC(c1ccccc1)c1ccccc1. The summed E-state index contributed by atoms with van der Waals surface area (Å²) in [6.07, 6.45) is 1.03. The summed E-state index contributed by atoms with van der Waals surface area (Å²) in [6.45, 7) is 0. The maximum absolute atomic E-state index is 13.6. The van der Waals surface area contributed by atoms with E-state index in [2.05, 4.69) is 22.8 Å². The lowest BCUT2D eigenvalue weighted by molar-refractivity contribution is 0.0521. The van der Waals surface area contributed by atoms with Crippen LogP contribution in [0.4, 0.5) is 0 Å². The van der Waals surface area contributed by atoms with Gasteiger partial charge in [0.25, 0.3) is 0 Å². The molecule has 4 aromatic carbocycles. The molecule has 208 valence electrons. The fourth-order valence-corrected chi connectivity index (χ4v) is 5.68. The Hall–Kier alpha value is -4.66. The summed E-state index contributed by atoms with van der Waals surface area (Å²) in [7, 11) is 0. The molecule has 2 aromatic heterocycles. The first kappa shape index (κ1) is 27.5. The first-order valence-corrected chi connectivity index (χ1v) is 14.7. The second kappa shape index (κ2) is 12.9. The molecule has 0 aliphatic carbocycles. The minimum absolute atomic E-state index is 0.170. The van der Waals surface area contributed by atoms with Crippen molar-refractivity contribution >= 4 is 24.0 Å². The molecule has 0 radical (unpaired) electrons. The van der Waals surface area contributed by atoms with Crippen LogP contribution < -0.4 is 15.0 Å². The van der Waals surface area contributed by atoms with Crippen molar-refractivity contribution in [1.29, 1.82) is 0 Å². The van der Waals surface area contributed by atoms with Gasteiger partial charge in [0.2, 0.25) is 5.43 Å². The second-order valence-corrected chi connectivity index (χ2v) is 11.4. The van der Waals surface area contributed by atoms with Crippen LogP contribution in [0.3, 0.4) is 0 Å². The minimum atomic E-state index is -0.492. The third kappa shape index (κ3) is 6.46. The Morgan fingerprint density at radius 1 is 0.690 bits per heavy atom. The number of benzene rings is 4. The van der Waals surface area contributed by atoms with Crippen molar-refractivity contribution in [2.75, 3.05) is 0 Å². The van der Waals surface area contributed by atoms with Crippen LogP contribution >= 0.6 is 24.0 Å². The van der Waals surface area contributed by atoms with E-state index >= 15 is 0 Å². The Labute approximate surface area is 253 Å². The summed E-state index contributed by atoms with van der Waals surface area (Å²) >= 11 is 5.68. The van der Waals surface area contributed by atoms with Crippen LogP contribution in [0.1, 0.15) is 45.2 Å². The normalized spacial score (nSPS) is 11.1. The monoisotopic (exact) mass is 589 g/mol. The zero-order valence-electron chi connectivity index (χ0n) is 22.5. The van der Waals surface area contributed by atoms with Crippen molar-refractivity contribution in [3.63, 3.8) is 0 Å². The lowest BCUT2D eigenvalue weighted by Crippen LogP contribution is -2.25. The number of hydrogen-bond donors (Lipinski definition) is 1. The van der Waals surface area contributed by atoms with Gasteiger partial charge in [-0.1, -0.05) is 133 Å². The lowest BCUT2D eigenvalue weighted by Gasteiger charge is -2.25. The second-order valence-electron chi connectivity index (χ2n) is 9.60. The largest absolute Gasteiger partial charge is 0.475 e. The van der Waals surface area contributed by atoms with Crippen LogP contribution in [0.25, 0.3) is 0 Å². The zero-order chi connectivity index (χ0) is 28.7. The van der Waals surface area contributed by atoms with Gasteiger partial charge in [-0.25, -0.2) is 0 Å². The van der Waals surface area contributed by atoms with Gasteiger partial charge in [0.1, 0.15) is 11.1 Å². The van der Waals surface area contributed by atoms with Gasteiger partial charge in [0, 0.05) is 12.5 Å². The average Bonchev–Trinajstić information content (AvgIpc) is 3.46. The van der Waals surface area contributed by atoms with E-state index in [4.69, 9.17) is 9.57 Å². The van der Waals surface area contributed by atoms with E-state index in [0.717, 1.165) is 22.3 Å². The van der Waals surface area contributed by atoms with E-state index in [-0.39, 0.29) is 11.2 Å². The van der Waals surface area contributed by atoms with Crippen LogP contribution in [0, 0.1) is 0 Å². The van der Waals surface area contributed by atoms with Crippen molar-refractivity contribution in [1.82, 2.24) is 14.9 Å². The van der Waals surface area contributed by atoms with Gasteiger partial charge in [-0.05, 0) is 22.3 Å². The molecule has 0 spiro atoms. The van der Waals surface area contributed by atoms with Crippen LogP contribution in [-0.4, -0.2) is 14.9 Å². The van der Waals surface area contributed by atoms with E-state index in [1.165, 1.54) is 11.3 Å². The Morgan fingerprint density at radius 3 is 1.62 bits per heavy atom. The summed E-state index contributed by atoms with van der Waals surface area (Å²) in [5.41, 5.74) is 4.16. The molecule has 6 aromatic rings. The summed E-state index contributed by atoms with van der Waals surface area (Å²) in [4.78, 5) is 20.3. The maximum Gasteiger partial charge on any atom is 0.223 e. The van der Waals surface area contributed by atoms with Gasteiger partial charge >= 0.3 is 0 Å². The lowest BCUT2D eigenvalue weighted by atomic mass is 10.0. The van der Waals surface area contributed by atoms with Gasteiger partial charge in [-0.15, -0.1) is 22.8 Å². The highest BCUT2D eigenvalue weighted by atomic mass is 32.2.